The second-order valence-electron chi connectivity index (χ2n) is 19.9. The Kier molecular flexibility index (Phi) is 17.7. The molecule has 0 aromatic heterocycles. The Hall–Kier alpha value is -5.52. The van der Waals surface area contributed by atoms with Crippen LogP contribution in [0.25, 0.3) is 0 Å². The van der Waals surface area contributed by atoms with Crippen LogP contribution in [0.15, 0.2) is 84.9 Å². The van der Waals surface area contributed by atoms with Crippen molar-refractivity contribution in [2.24, 2.45) is 17.8 Å². The molecule has 0 unspecified atom stereocenters. The maximum Gasteiger partial charge on any atom is 0.253 e. The Labute approximate surface area is 398 Å². The number of amides is 6. The third-order valence-corrected chi connectivity index (χ3v) is 14.4. The number of rotatable bonds is 23. The van der Waals surface area contributed by atoms with E-state index >= 15 is 0 Å². The minimum atomic E-state index is -0.801. The van der Waals surface area contributed by atoms with E-state index in [1.54, 1.807) is 39.0 Å². The summed E-state index contributed by atoms with van der Waals surface area (Å²) in [5.41, 5.74) is 3.04. The summed E-state index contributed by atoms with van der Waals surface area (Å²) in [4.78, 5) is 87.7. The standard InChI is InChI=1S/C55H74N6O6/c1-4-5-6-7-8-9-10-11-12-13-14-21-30-56-52(64)49-37-59(31-32-61(49)53(65)38(2)3)54(66)41-26-28-42(29-27-41)55(67)60-35-45(50(62)57-47-33-43(47)39-22-17-15-18-23-39)46(36-60)51(63)58-48-34-44(48)40-24-19-16-20-25-40/h15-20,22-29,38,43-49H,4-14,21,30-37H2,1-3H3,(H,56,64)(H,57,62)(H,58,63)/t43-,44-,45-,46-,47+,48+,49+/m1/s1. The summed E-state index contributed by atoms with van der Waals surface area (Å²) in [5.74, 6) is -2.69. The van der Waals surface area contributed by atoms with E-state index in [4.69, 9.17) is 0 Å². The molecule has 2 saturated heterocycles. The molecule has 360 valence electrons. The molecule has 0 radical (unpaired) electrons. The molecule has 0 bridgehead atoms. The maximum absolute atomic E-state index is 14.1. The number of unbranched alkanes of at least 4 members (excludes halogenated alkanes) is 11. The van der Waals surface area contributed by atoms with Gasteiger partial charge in [0, 0.05) is 73.7 Å². The number of hydrogen-bond donors (Lipinski definition) is 3. The summed E-state index contributed by atoms with van der Waals surface area (Å²) in [6.45, 7) is 7.21. The Morgan fingerprint density at radius 2 is 0.985 bits per heavy atom. The molecular formula is C55H74N6O6. The quantitative estimate of drug-likeness (QED) is 0.0827. The average Bonchev–Trinajstić information content (AvgIpc) is 4.26. The van der Waals surface area contributed by atoms with Crippen molar-refractivity contribution in [3.63, 3.8) is 0 Å². The predicted octanol–water partition coefficient (Wildman–Crippen LogP) is 7.85. The van der Waals surface area contributed by atoms with E-state index in [2.05, 4.69) is 47.1 Å². The summed E-state index contributed by atoms with van der Waals surface area (Å²) in [6.07, 6.45) is 16.4. The molecule has 4 fully saturated rings. The van der Waals surface area contributed by atoms with Gasteiger partial charge >= 0.3 is 0 Å². The molecule has 2 aliphatic carbocycles. The third-order valence-electron chi connectivity index (χ3n) is 14.4. The van der Waals surface area contributed by atoms with Gasteiger partial charge in [-0.3, -0.25) is 28.8 Å². The Balaban J connectivity index is 0.925. The second-order valence-corrected chi connectivity index (χ2v) is 19.9. The van der Waals surface area contributed by atoms with Gasteiger partial charge in [0.1, 0.15) is 6.04 Å². The first-order valence-corrected chi connectivity index (χ1v) is 25.5. The first-order chi connectivity index (χ1) is 32.5. The van der Waals surface area contributed by atoms with Gasteiger partial charge in [0.2, 0.25) is 23.6 Å². The molecule has 2 heterocycles. The topological polar surface area (TPSA) is 148 Å². The number of nitrogens with zero attached hydrogens (tertiary/aromatic N) is 3. The van der Waals surface area contributed by atoms with Crippen LogP contribution < -0.4 is 16.0 Å². The fourth-order valence-electron chi connectivity index (χ4n) is 10.1. The van der Waals surface area contributed by atoms with E-state index < -0.39 is 17.9 Å². The van der Waals surface area contributed by atoms with Gasteiger partial charge in [-0.1, -0.05) is 152 Å². The van der Waals surface area contributed by atoms with Gasteiger partial charge in [0.05, 0.1) is 18.4 Å². The van der Waals surface area contributed by atoms with Gasteiger partial charge in [-0.2, -0.15) is 0 Å². The molecule has 12 heteroatoms. The molecule has 3 aromatic rings. The molecular weight excluding hydrogens is 841 g/mol. The smallest absolute Gasteiger partial charge is 0.253 e. The molecule has 3 aromatic carbocycles. The highest BCUT2D eigenvalue weighted by Gasteiger charge is 2.49. The molecule has 67 heavy (non-hydrogen) atoms. The van der Waals surface area contributed by atoms with E-state index in [0.717, 1.165) is 32.1 Å². The fraction of sp³-hybridized carbons (Fsp3) is 0.564. The average molecular weight is 915 g/mol. The number of hydrogen-bond acceptors (Lipinski definition) is 6. The van der Waals surface area contributed by atoms with Crippen molar-refractivity contribution in [2.75, 3.05) is 39.3 Å². The zero-order valence-corrected chi connectivity index (χ0v) is 40.1. The van der Waals surface area contributed by atoms with Crippen LogP contribution in [0.1, 0.15) is 154 Å². The summed E-state index contributed by atoms with van der Waals surface area (Å²) in [7, 11) is 0. The van der Waals surface area contributed by atoms with Gasteiger partial charge < -0.3 is 30.7 Å². The Morgan fingerprint density at radius 1 is 0.537 bits per heavy atom. The molecule has 4 aliphatic rings. The molecule has 2 aliphatic heterocycles. The second kappa shape index (κ2) is 24.0. The largest absolute Gasteiger partial charge is 0.354 e. The zero-order chi connectivity index (χ0) is 47.3. The van der Waals surface area contributed by atoms with Crippen molar-refractivity contribution < 1.29 is 28.8 Å². The third kappa shape index (κ3) is 13.3. The van der Waals surface area contributed by atoms with Gasteiger partial charge in [0.15, 0.2) is 0 Å². The molecule has 6 amide bonds. The molecule has 7 atom stereocenters. The van der Waals surface area contributed by atoms with Crippen molar-refractivity contribution in [3.8, 4) is 0 Å². The van der Waals surface area contributed by atoms with Crippen molar-refractivity contribution in [1.29, 1.82) is 0 Å². The van der Waals surface area contributed by atoms with Gasteiger partial charge in [0.25, 0.3) is 11.8 Å². The summed E-state index contributed by atoms with van der Waals surface area (Å²) in [5, 5.41) is 9.44. The van der Waals surface area contributed by atoms with E-state index in [-0.39, 0.29) is 98.0 Å². The van der Waals surface area contributed by atoms with Crippen LogP contribution in [0.3, 0.4) is 0 Å². The van der Waals surface area contributed by atoms with Crippen LogP contribution in [0.4, 0.5) is 0 Å². The number of nitrogens with one attached hydrogen (secondary N) is 3. The van der Waals surface area contributed by atoms with E-state index in [1.165, 1.54) is 68.9 Å². The minimum absolute atomic E-state index is 0.0215. The zero-order valence-electron chi connectivity index (χ0n) is 40.1. The number of carbonyl (C=O) groups is 6. The van der Waals surface area contributed by atoms with Crippen LogP contribution in [0, 0.1) is 17.8 Å². The van der Waals surface area contributed by atoms with Crippen LogP contribution in [-0.2, 0) is 19.2 Å². The Bertz CT molecular complexity index is 2060. The lowest BCUT2D eigenvalue weighted by molar-refractivity contribution is -0.145. The first-order valence-electron chi connectivity index (χ1n) is 25.5. The van der Waals surface area contributed by atoms with Crippen molar-refractivity contribution in [3.05, 3.63) is 107 Å². The summed E-state index contributed by atoms with van der Waals surface area (Å²) >= 11 is 0. The SMILES string of the molecule is CCCCCCCCCCCCCCNC(=O)[C@@H]1CN(C(=O)c2ccc(C(=O)N3C[C@@H](C(=O)N[C@H]4C[C@@H]4c4ccccc4)[C@H](C(=O)N[C@H]4C[C@@H]4c4ccccc4)C3)cc2)CCN1C(=O)C(C)C. The number of benzene rings is 3. The van der Waals surface area contributed by atoms with Crippen molar-refractivity contribution in [1.82, 2.24) is 30.7 Å². The van der Waals surface area contributed by atoms with Crippen LogP contribution in [-0.4, -0.2) is 108 Å². The molecule has 0 spiro atoms. The Morgan fingerprint density at radius 3 is 1.45 bits per heavy atom. The van der Waals surface area contributed by atoms with E-state index in [9.17, 15) is 28.8 Å². The van der Waals surface area contributed by atoms with Crippen LogP contribution in [0.2, 0.25) is 0 Å². The summed E-state index contributed by atoms with van der Waals surface area (Å²) < 4.78 is 0. The van der Waals surface area contributed by atoms with Crippen LogP contribution >= 0.6 is 0 Å². The van der Waals surface area contributed by atoms with Gasteiger partial charge in [-0.15, -0.1) is 0 Å². The van der Waals surface area contributed by atoms with Gasteiger partial charge in [-0.25, -0.2) is 0 Å². The molecule has 7 rings (SSSR count). The highest BCUT2D eigenvalue weighted by molar-refractivity contribution is 6.00. The van der Waals surface area contributed by atoms with Crippen molar-refractivity contribution >= 4 is 35.4 Å². The maximum atomic E-state index is 14.1. The lowest BCUT2D eigenvalue weighted by Gasteiger charge is -2.41. The van der Waals surface area contributed by atoms with E-state index in [0.29, 0.717) is 17.7 Å². The van der Waals surface area contributed by atoms with Gasteiger partial charge in [-0.05, 0) is 54.7 Å². The number of carbonyl (C=O) groups excluding carboxylic acids is 6. The summed E-state index contributed by atoms with van der Waals surface area (Å²) in [6, 6.07) is 25.8. The normalized spacial score (nSPS) is 23.2. The number of piperazine rings is 1. The fourth-order valence-corrected chi connectivity index (χ4v) is 10.1. The lowest BCUT2D eigenvalue weighted by Crippen LogP contribution is -2.62. The highest BCUT2D eigenvalue weighted by Crippen LogP contribution is 2.43. The monoisotopic (exact) mass is 915 g/mol. The molecule has 12 nitrogen and oxygen atoms in total. The predicted molar refractivity (Wildman–Crippen MR) is 261 cm³/mol. The highest BCUT2D eigenvalue weighted by atomic mass is 16.2. The number of likely N-dealkylation sites (tertiary alicyclic amines) is 1. The lowest BCUT2D eigenvalue weighted by atomic mass is 9.94. The van der Waals surface area contributed by atoms with Crippen molar-refractivity contribution in [2.45, 2.75) is 141 Å². The minimum Gasteiger partial charge on any atom is -0.354 e. The van der Waals surface area contributed by atoms with E-state index in [1.807, 2.05) is 50.2 Å². The first kappa shape index (κ1) is 49.4. The molecule has 3 N–H and O–H groups in total. The molecule has 2 saturated carbocycles. The van der Waals surface area contributed by atoms with Crippen LogP contribution in [0.5, 0.6) is 0 Å².